The van der Waals surface area contributed by atoms with Crippen LogP contribution < -0.4 is 5.43 Å². The summed E-state index contributed by atoms with van der Waals surface area (Å²) in [5, 5.41) is 9.57. The van der Waals surface area contributed by atoms with E-state index in [1.54, 1.807) is 23.9 Å². The molecule has 0 amide bonds. The van der Waals surface area contributed by atoms with Gasteiger partial charge in [0.2, 0.25) is 5.43 Å². The highest BCUT2D eigenvalue weighted by atomic mass is 32.2. The standard InChI is InChI=1S/C14H15NO3S/c1-19-8-4-7-15-9-11(14(17)18)13(16)10-5-2-3-6-12(10)15/h2-3,5-6,9H,4,7-8H2,1H3,(H,17,18). The predicted octanol–water partition coefficient (Wildman–Crippen LogP) is 2.45. The fourth-order valence-electron chi connectivity index (χ4n) is 2.06. The van der Waals surface area contributed by atoms with Gasteiger partial charge in [0.15, 0.2) is 0 Å². The van der Waals surface area contributed by atoms with Crippen molar-refractivity contribution >= 4 is 28.6 Å². The lowest BCUT2D eigenvalue weighted by molar-refractivity contribution is 0.0695. The number of thioether (sulfide) groups is 1. The SMILES string of the molecule is CSCCCn1cc(C(=O)O)c(=O)c2ccccc21. The second kappa shape index (κ2) is 5.93. The minimum atomic E-state index is -1.17. The molecule has 2 aromatic rings. The van der Waals surface area contributed by atoms with Crippen molar-refractivity contribution in [2.24, 2.45) is 0 Å². The summed E-state index contributed by atoms with van der Waals surface area (Å²) >= 11 is 1.75. The van der Waals surface area contributed by atoms with E-state index in [2.05, 4.69) is 0 Å². The molecule has 0 bridgehead atoms. The Balaban J connectivity index is 2.58. The average Bonchev–Trinajstić information content (AvgIpc) is 2.41. The van der Waals surface area contributed by atoms with Crippen LogP contribution in [0.2, 0.25) is 0 Å². The van der Waals surface area contributed by atoms with Crippen LogP contribution in [0.1, 0.15) is 16.8 Å². The largest absolute Gasteiger partial charge is 0.477 e. The first-order valence-electron chi connectivity index (χ1n) is 5.99. The molecule has 1 heterocycles. The van der Waals surface area contributed by atoms with Gasteiger partial charge in [-0.15, -0.1) is 0 Å². The summed E-state index contributed by atoms with van der Waals surface area (Å²) in [4.78, 5) is 23.2. The minimum absolute atomic E-state index is 0.164. The maximum absolute atomic E-state index is 12.1. The van der Waals surface area contributed by atoms with Gasteiger partial charge in [-0.05, 0) is 30.6 Å². The van der Waals surface area contributed by atoms with Gasteiger partial charge in [-0.2, -0.15) is 11.8 Å². The van der Waals surface area contributed by atoms with Gasteiger partial charge in [0.1, 0.15) is 5.56 Å². The number of para-hydroxylation sites is 1. The van der Waals surface area contributed by atoms with E-state index in [1.807, 2.05) is 23.0 Å². The van der Waals surface area contributed by atoms with Crippen molar-refractivity contribution in [2.45, 2.75) is 13.0 Å². The van der Waals surface area contributed by atoms with Crippen LogP contribution in [-0.4, -0.2) is 27.7 Å². The number of nitrogens with zero attached hydrogens (tertiary/aromatic N) is 1. The van der Waals surface area contributed by atoms with Crippen LogP contribution in [0.4, 0.5) is 0 Å². The van der Waals surface area contributed by atoms with Crippen molar-refractivity contribution in [1.29, 1.82) is 0 Å². The van der Waals surface area contributed by atoms with E-state index >= 15 is 0 Å². The lowest BCUT2D eigenvalue weighted by Crippen LogP contribution is -2.19. The van der Waals surface area contributed by atoms with E-state index in [1.165, 1.54) is 6.20 Å². The number of hydrogen-bond acceptors (Lipinski definition) is 3. The lowest BCUT2D eigenvalue weighted by Gasteiger charge is -2.11. The van der Waals surface area contributed by atoms with Crippen molar-refractivity contribution in [3.8, 4) is 0 Å². The summed E-state index contributed by atoms with van der Waals surface area (Å²) in [6.45, 7) is 0.710. The topological polar surface area (TPSA) is 59.3 Å². The fraction of sp³-hybridized carbons (Fsp3) is 0.286. The molecule has 1 aromatic carbocycles. The first-order chi connectivity index (χ1) is 9.15. The molecule has 0 saturated carbocycles. The molecule has 0 unspecified atom stereocenters. The first kappa shape index (κ1) is 13.7. The second-order valence-corrected chi connectivity index (χ2v) is 5.22. The number of aryl methyl sites for hydroxylation is 1. The quantitative estimate of drug-likeness (QED) is 0.853. The highest BCUT2D eigenvalue weighted by Crippen LogP contribution is 2.13. The molecular weight excluding hydrogens is 262 g/mol. The van der Waals surface area contributed by atoms with Gasteiger partial charge in [0.05, 0.1) is 5.52 Å². The molecule has 0 fully saturated rings. The summed E-state index contributed by atoms with van der Waals surface area (Å²) in [7, 11) is 0. The Kier molecular flexibility index (Phi) is 4.27. The fourth-order valence-corrected chi connectivity index (χ4v) is 2.48. The molecule has 100 valence electrons. The zero-order valence-electron chi connectivity index (χ0n) is 10.6. The minimum Gasteiger partial charge on any atom is -0.477 e. The van der Waals surface area contributed by atoms with Crippen LogP contribution in [0.3, 0.4) is 0 Å². The van der Waals surface area contributed by atoms with E-state index in [0.717, 1.165) is 17.7 Å². The Labute approximate surface area is 115 Å². The molecular formula is C14H15NO3S. The summed E-state index contributed by atoms with van der Waals surface area (Å²) < 4.78 is 1.86. The molecule has 0 radical (unpaired) electrons. The zero-order valence-corrected chi connectivity index (χ0v) is 11.4. The maximum atomic E-state index is 12.1. The molecule has 4 nitrogen and oxygen atoms in total. The van der Waals surface area contributed by atoms with Crippen molar-refractivity contribution in [3.63, 3.8) is 0 Å². The molecule has 0 aliphatic heterocycles. The van der Waals surface area contributed by atoms with Crippen LogP contribution in [-0.2, 0) is 6.54 Å². The summed E-state index contributed by atoms with van der Waals surface area (Å²) in [5.41, 5.74) is 0.214. The lowest BCUT2D eigenvalue weighted by atomic mass is 10.1. The predicted molar refractivity (Wildman–Crippen MR) is 78.2 cm³/mol. The van der Waals surface area contributed by atoms with Crippen LogP contribution >= 0.6 is 11.8 Å². The number of carboxylic acids is 1. The van der Waals surface area contributed by atoms with E-state index in [-0.39, 0.29) is 5.56 Å². The second-order valence-electron chi connectivity index (χ2n) is 4.23. The molecule has 19 heavy (non-hydrogen) atoms. The number of aromatic nitrogens is 1. The van der Waals surface area contributed by atoms with Gasteiger partial charge in [-0.1, -0.05) is 12.1 Å². The Bertz CT molecular complexity index is 663. The van der Waals surface area contributed by atoms with Crippen molar-refractivity contribution < 1.29 is 9.90 Å². The van der Waals surface area contributed by atoms with E-state index in [0.29, 0.717) is 11.9 Å². The van der Waals surface area contributed by atoms with Crippen LogP contribution in [0.25, 0.3) is 10.9 Å². The first-order valence-corrected chi connectivity index (χ1v) is 7.39. The van der Waals surface area contributed by atoms with Gasteiger partial charge in [-0.3, -0.25) is 4.79 Å². The van der Waals surface area contributed by atoms with Crippen LogP contribution in [0.5, 0.6) is 0 Å². The molecule has 2 rings (SSSR count). The third-order valence-electron chi connectivity index (χ3n) is 2.97. The average molecular weight is 277 g/mol. The third-order valence-corrected chi connectivity index (χ3v) is 3.66. The van der Waals surface area contributed by atoms with Gasteiger partial charge in [0.25, 0.3) is 0 Å². The number of aromatic carboxylic acids is 1. The zero-order chi connectivity index (χ0) is 13.8. The van der Waals surface area contributed by atoms with Gasteiger partial charge >= 0.3 is 5.97 Å². The Hall–Kier alpha value is -1.75. The maximum Gasteiger partial charge on any atom is 0.341 e. The highest BCUT2D eigenvalue weighted by molar-refractivity contribution is 7.98. The van der Waals surface area contributed by atoms with Crippen molar-refractivity contribution in [3.05, 3.63) is 46.2 Å². The van der Waals surface area contributed by atoms with E-state index in [9.17, 15) is 9.59 Å². The van der Waals surface area contributed by atoms with E-state index < -0.39 is 11.4 Å². The Morgan fingerprint density at radius 1 is 1.37 bits per heavy atom. The van der Waals surface area contributed by atoms with E-state index in [4.69, 9.17) is 5.11 Å². The highest BCUT2D eigenvalue weighted by Gasteiger charge is 2.13. The molecule has 0 saturated heterocycles. The summed E-state index contributed by atoms with van der Waals surface area (Å²) in [6.07, 6.45) is 4.42. The normalized spacial score (nSPS) is 10.8. The molecule has 0 aliphatic rings. The number of fused-ring (bicyclic) bond motifs is 1. The van der Waals surface area contributed by atoms with Gasteiger partial charge in [0, 0.05) is 18.1 Å². The monoisotopic (exact) mass is 277 g/mol. The molecule has 1 N–H and O–H groups in total. The number of hydrogen-bond donors (Lipinski definition) is 1. The third kappa shape index (κ3) is 2.81. The smallest absolute Gasteiger partial charge is 0.341 e. The molecule has 5 heteroatoms. The van der Waals surface area contributed by atoms with Crippen LogP contribution in [0.15, 0.2) is 35.3 Å². The van der Waals surface area contributed by atoms with Gasteiger partial charge in [-0.25, -0.2) is 4.79 Å². The van der Waals surface area contributed by atoms with Gasteiger partial charge < -0.3 is 9.67 Å². The number of benzene rings is 1. The molecule has 1 aromatic heterocycles. The summed E-state index contributed by atoms with van der Waals surface area (Å²) in [5.74, 6) is -0.169. The number of pyridine rings is 1. The Morgan fingerprint density at radius 2 is 2.11 bits per heavy atom. The van der Waals surface area contributed by atoms with Crippen LogP contribution in [0, 0.1) is 0 Å². The molecule has 0 aliphatic carbocycles. The van der Waals surface area contributed by atoms with Crippen molar-refractivity contribution in [2.75, 3.05) is 12.0 Å². The summed E-state index contributed by atoms with van der Waals surface area (Å²) in [6, 6.07) is 7.13. The Morgan fingerprint density at radius 3 is 2.79 bits per heavy atom. The molecule has 0 atom stereocenters. The number of carboxylic acid groups (broad SMARTS) is 1. The molecule has 0 spiro atoms. The number of rotatable bonds is 5. The number of carbonyl (C=O) groups is 1. The van der Waals surface area contributed by atoms with Crippen molar-refractivity contribution in [1.82, 2.24) is 4.57 Å².